The van der Waals surface area contributed by atoms with E-state index in [1.54, 1.807) is 29.5 Å². The summed E-state index contributed by atoms with van der Waals surface area (Å²) in [6, 6.07) is 5.08. The number of ether oxygens (including phenoxy) is 1. The molecule has 0 atom stereocenters. The van der Waals surface area contributed by atoms with Crippen molar-refractivity contribution in [2.24, 2.45) is 0 Å². The number of nitrogens with zero attached hydrogens (tertiary/aromatic N) is 1. The van der Waals surface area contributed by atoms with Crippen LogP contribution in [-0.2, 0) is 4.74 Å². The van der Waals surface area contributed by atoms with E-state index in [2.05, 4.69) is 9.72 Å². The average Bonchev–Trinajstić information content (AvgIpc) is 2.76. The van der Waals surface area contributed by atoms with Crippen molar-refractivity contribution in [3.63, 3.8) is 0 Å². The number of nitrogens with two attached hydrogens (primary N) is 1. The van der Waals surface area contributed by atoms with Gasteiger partial charge in [-0.1, -0.05) is 11.8 Å². The van der Waals surface area contributed by atoms with Crippen molar-refractivity contribution in [3.05, 3.63) is 34.8 Å². The maximum absolute atomic E-state index is 11.4. The molecule has 2 rings (SSSR count). The first-order valence-electron chi connectivity index (χ1n) is 5.18. The third-order valence-electron chi connectivity index (χ3n) is 2.23. The summed E-state index contributed by atoms with van der Waals surface area (Å²) in [7, 11) is 1.36. The van der Waals surface area contributed by atoms with Gasteiger partial charge < -0.3 is 10.5 Å². The molecule has 0 aliphatic heterocycles. The van der Waals surface area contributed by atoms with Gasteiger partial charge in [0.1, 0.15) is 0 Å². The smallest absolute Gasteiger partial charge is 0.337 e. The molecule has 1 heterocycles. The van der Waals surface area contributed by atoms with E-state index in [0.29, 0.717) is 11.3 Å². The van der Waals surface area contributed by atoms with Crippen molar-refractivity contribution in [2.75, 3.05) is 12.8 Å². The molecule has 18 heavy (non-hydrogen) atoms. The summed E-state index contributed by atoms with van der Waals surface area (Å²) < 4.78 is 5.59. The second-order valence-electron chi connectivity index (χ2n) is 3.60. The fourth-order valence-electron chi connectivity index (χ4n) is 1.34. The third kappa shape index (κ3) is 2.83. The van der Waals surface area contributed by atoms with Gasteiger partial charge >= 0.3 is 5.97 Å². The quantitative estimate of drug-likeness (QED) is 0.691. The number of hydrogen-bond donors (Lipinski definition) is 1. The summed E-state index contributed by atoms with van der Waals surface area (Å²) in [4.78, 5) is 16.6. The number of aryl methyl sites for hydroxylation is 1. The molecule has 0 aliphatic rings. The van der Waals surface area contributed by atoms with E-state index >= 15 is 0 Å². The topological polar surface area (TPSA) is 65.2 Å². The highest BCUT2D eigenvalue weighted by atomic mass is 32.2. The molecule has 0 saturated carbocycles. The van der Waals surface area contributed by atoms with Crippen molar-refractivity contribution in [1.82, 2.24) is 4.98 Å². The summed E-state index contributed by atoms with van der Waals surface area (Å²) in [5, 5.41) is 1.97. The van der Waals surface area contributed by atoms with Crippen molar-refractivity contribution in [1.29, 1.82) is 0 Å². The molecule has 2 N–H and O–H groups in total. The second kappa shape index (κ2) is 5.41. The molecule has 0 spiro atoms. The van der Waals surface area contributed by atoms with Gasteiger partial charge in [-0.15, -0.1) is 11.3 Å². The number of aromatic nitrogens is 1. The van der Waals surface area contributed by atoms with E-state index in [1.807, 2.05) is 12.3 Å². The largest absolute Gasteiger partial charge is 0.465 e. The number of esters is 1. The minimum absolute atomic E-state index is 0.368. The van der Waals surface area contributed by atoms with Gasteiger partial charge in [-0.3, -0.25) is 0 Å². The highest BCUT2D eigenvalue weighted by Crippen LogP contribution is 2.34. The zero-order chi connectivity index (χ0) is 13.1. The van der Waals surface area contributed by atoms with E-state index in [9.17, 15) is 4.79 Å². The number of carbonyl (C=O) groups excluding carboxylic acids is 1. The Morgan fingerprint density at radius 1 is 1.50 bits per heavy atom. The van der Waals surface area contributed by atoms with Crippen molar-refractivity contribution in [3.8, 4) is 0 Å². The van der Waals surface area contributed by atoms with Crippen LogP contribution in [0.25, 0.3) is 0 Å². The van der Waals surface area contributed by atoms with Crippen molar-refractivity contribution in [2.45, 2.75) is 16.2 Å². The summed E-state index contributed by atoms with van der Waals surface area (Å²) in [5.41, 5.74) is 7.98. The van der Waals surface area contributed by atoms with Crippen molar-refractivity contribution >= 4 is 34.8 Å². The molecule has 1 aromatic heterocycles. The molecule has 6 heteroatoms. The lowest BCUT2D eigenvalue weighted by Crippen LogP contribution is -2.02. The Kier molecular flexibility index (Phi) is 3.88. The van der Waals surface area contributed by atoms with E-state index in [4.69, 9.17) is 5.73 Å². The lowest BCUT2D eigenvalue weighted by Gasteiger charge is -2.05. The van der Waals surface area contributed by atoms with Crippen LogP contribution in [0.5, 0.6) is 0 Å². The first-order valence-corrected chi connectivity index (χ1v) is 6.87. The Labute approximate surface area is 113 Å². The number of thiazole rings is 1. The lowest BCUT2D eigenvalue weighted by atomic mass is 10.2. The van der Waals surface area contributed by atoms with E-state index in [-0.39, 0.29) is 5.97 Å². The Balaban J connectivity index is 2.29. The number of hydrogen-bond acceptors (Lipinski definition) is 6. The van der Waals surface area contributed by atoms with E-state index in [1.165, 1.54) is 18.9 Å². The number of methoxy groups -OCH3 is 1. The fourth-order valence-corrected chi connectivity index (χ4v) is 3.22. The zero-order valence-corrected chi connectivity index (χ0v) is 11.6. The highest BCUT2D eigenvalue weighted by Gasteiger charge is 2.10. The Hall–Kier alpha value is -1.53. The third-order valence-corrected chi connectivity index (χ3v) is 4.36. The maximum atomic E-state index is 11.4. The Morgan fingerprint density at radius 2 is 2.28 bits per heavy atom. The number of benzene rings is 1. The Bertz CT molecular complexity index is 581. The maximum Gasteiger partial charge on any atom is 0.337 e. The molecule has 0 radical (unpaired) electrons. The van der Waals surface area contributed by atoms with Crippen LogP contribution in [0, 0.1) is 6.92 Å². The van der Waals surface area contributed by atoms with Crippen LogP contribution in [0.1, 0.15) is 16.1 Å². The molecular weight excluding hydrogens is 268 g/mol. The number of nitrogen functional groups attached to an aromatic ring is 1. The van der Waals surface area contributed by atoms with Gasteiger partial charge in [0, 0.05) is 21.7 Å². The predicted octanol–water partition coefficient (Wildman–Crippen LogP) is 2.97. The predicted molar refractivity (Wildman–Crippen MR) is 73.2 cm³/mol. The van der Waals surface area contributed by atoms with Crippen LogP contribution >= 0.6 is 23.1 Å². The van der Waals surface area contributed by atoms with Gasteiger partial charge in [-0.05, 0) is 25.1 Å². The van der Waals surface area contributed by atoms with Gasteiger partial charge in [-0.2, -0.15) is 0 Å². The lowest BCUT2D eigenvalue weighted by molar-refractivity contribution is 0.0600. The van der Waals surface area contributed by atoms with Crippen LogP contribution in [-0.4, -0.2) is 18.1 Å². The van der Waals surface area contributed by atoms with Gasteiger partial charge in [0.15, 0.2) is 4.34 Å². The normalized spacial score (nSPS) is 10.3. The molecule has 0 fully saturated rings. The summed E-state index contributed by atoms with van der Waals surface area (Å²) in [6.45, 7) is 1.94. The minimum atomic E-state index is -0.368. The molecule has 2 aromatic rings. The van der Waals surface area contributed by atoms with Crippen molar-refractivity contribution < 1.29 is 9.53 Å². The molecule has 0 unspecified atom stereocenters. The molecule has 4 nitrogen and oxygen atoms in total. The Morgan fingerprint density at radius 3 is 2.89 bits per heavy atom. The zero-order valence-electron chi connectivity index (χ0n) is 9.97. The summed E-state index contributed by atoms with van der Waals surface area (Å²) in [5.74, 6) is -0.368. The van der Waals surface area contributed by atoms with Gasteiger partial charge in [0.05, 0.1) is 12.7 Å². The number of rotatable bonds is 3. The minimum Gasteiger partial charge on any atom is -0.465 e. The molecule has 0 bridgehead atoms. The van der Waals surface area contributed by atoms with Crippen LogP contribution < -0.4 is 5.73 Å². The molecule has 94 valence electrons. The van der Waals surface area contributed by atoms with Crippen LogP contribution in [0.3, 0.4) is 0 Å². The molecule has 1 aromatic carbocycles. The first-order chi connectivity index (χ1) is 8.60. The average molecular weight is 280 g/mol. The van der Waals surface area contributed by atoms with Crippen LogP contribution in [0.2, 0.25) is 0 Å². The summed E-state index contributed by atoms with van der Waals surface area (Å²) in [6.07, 6.45) is 0. The monoisotopic (exact) mass is 280 g/mol. The number of anilines is 1. The molecular formula is C12H12N2O2S2. The van der Waals surface area contributed by atoms with Gasteiger partial charge in [0.2, 0.25) is 0 Å². The molecule has 0 aliphatic carbocycles. The van der Waals surface area contributed by atoms with Gasteiger partial charge in [0.25, 0.3) is 0 Å². The first kappa shape index (κ1) is 12.9. The van der Waals surface area contributed by atoms with E-state index in [0.717, 1.165) is 14.9 Å². The van der Waals surface area contributed by atoms with Crippen LogP contribution in [0.4, 0.5) is 5.69 Å². The summed E-state index contributed by atoms with van der Waals surface area (Å²) >= 11 is 3.00. The van der Waals surface area contributed by atoms with Crippen LogP contribution in [0.15, 0.2) is 32.8 Å². The standard InChI is InChI=1S/C12H12N2O2S2/c1-7-6-17-12(14-7)18-10-5-8(11(15)16-2)3-4-9(10)13/h3-6H,13H2,1-2H3. The fraction of sp³-hybridized carbons (Fsp3) is 0.167. The SMILES string of the molecule is COC(=O)c1ccc(N)c(Sc2nc(C)cs2)c1. The second-order valence-corrected chi connectivity index (χ2v) is 5.75. The molecule has 0 saturated heterocycles. The number of carbonyl (C=O) groups is 1. The highest BCUT2D eigenvalue weighted by molar-refractivity contribution is 8.01. The van der Waals surface area contributed by atoms with E-state index < -0.39 is 0 Å². The van der Waals surface area contributed by atoms with Gasteiger partial charge in [-0.25, -0.2) is 9.78 Å². The molecule has 0 amide bonds.